The first-order valence-electron chi connectivity index (χ1n) is 6.82. The maximum Gasteiger partial charge on any atom is 0.129 e. The summed E-state index contributed by atoms with van der Waals surface area (Å²) < 4.78 is 27.0. The van der Waals surface area contributed by atoms with E-state index in [4.69, 9.17) is 0 Å². The molecule has 1 nitrogen and oxygen atoms in total. The fraction of sp³-hybridized carbons (Fsp3) is 0.600. The predicted molar refractivity (Wildman–Crippen MR) is 69.5 cm³/mol. The Morgan fingerprint density at radius 3 is 2.39 bits per heavy atom. The molecule has 1 aromatic carbocycles. The number of benzene rings is 1. The van der Waals surface area contributed by atoms with Gasteiger partial charge in [0.05, 0.1) is 0 Å². The average Bonchev–Trinajstić information content (AvgIpc) is 2.87. The van der Waals surface area contributed by atoms with Gasteiger partial charge in [-0.2, -0.15) is 0 Å². The number of nitrogens with one attached hydrogen (secondary N) is 1. The molecule has 3 heteroatoms. The molecule has 1 unspecified atom stereocenters. The first-order chi connectivity index (χ1) is 8.72. The molecule has 0 spiro atoms. The fourth-order valence-corrected chi connectivity index (χ4v) is 3.05. The maximum atomic E-state index is 13.5. The van der Waals surface area contributed by atoms with E-state index in [1.54, 1.807) is 0 Å². The highest BCUT2D eigenvalue weighted by molar-refractivity contribution is 5.19. The summed E-state index contributed by atoms with van der Waals surface area (Å²) in [5, 5.41) is 3.31. The van der Waals surface area contributed by atoms with Crippen LogP contribution < -0.4 is 5.32 Å². The third-order valence-corrected chi connectivity index (χ3v) is 4.11. The molecule has 1 atom stereocenters. The fourth-order valence-electron chi connectivity index (χ4n) is 3.05. The van der Waals surface area contributed by atoms with E-state index in [9.17, 15) is 8.78 Å². The highest BCUT2D eigenvalue weighted by Gasteiger charge is 2.24. The molecule has 1 aliphatic rings. The summed E-state index contributed by atoms with van der Waals surface area (Å²) >= 11 is 0. The predicted octanol–water partition coefficient (Wildman–Crippen LogP) is 3.68. The quantitative estimate of drug-likeness (QED) is 0.844. The van der Waals surface area contributed by atoms with Crippen LogP contribution in [0.1, 0.15) is 37.7 Å². The van der Waals surface area contributed by atoms with Crippen molar-refractivity contribution < 1.29 is 8.78 Å². The van der Waals surface area contributed by atoms with E-state index in [2.05, 4.69) is 5.32 Å². The SMILES string of the molecule is CNC(CCc1c(F)cccc1F)C1CCCC1. The summed E-state index contributed by atoms with van der Waals surface area (Å²) in [7, 11) is 1.95. The summed E-state index contributed by atoms with van der Waals surface area (Å²) in [5.41, 5.74) is 0.232. The van der Waals surface area contributed by atoms with Crippen molar-refractivity contribution in [3.8, 4) is 0 Å². The van der Waals surface area contributed by atoms with Gasteiger partial charge in [0.2, 0.25) is 0 Å². The molecule has 1 saturated carbocycles. The first-order valence-corrected chi connectivity index (χ1v) is 6.82. The van der Waals surface area contributed by atoms with Crippen molar-refractivity contribution in [3.05, 3.63) is 35.4 Å². The standard InChI is InChI=1S/C15H21F2N/c1-18-15(11-5-2-3-6-11)10-9-12-13(16)7-4-8-14(12)17/h4,7-8,11,15,18H,2-3,5-6,9-10H2,1H3. The van der Waals surface area contributed by atoms with Crippen molar-refractivity contribution >= 4 is 0 Å². The smallest absolute Gasteiger partial charge is 0.129 e. The van der Waals surface area contributed by atoms with Gasteiger partial charge in [-0.05, 0) is 50.8 Å². The zero-order valence-corrected chi connectivity index (χ0v) is 10.9. The lowest BCUT2D eigenvalue weighted by molar-refractivity contribution is 0.356. The summed E-state index contributed by atoms with van der Waals surface area (Å²) in [5.74, 6) is -0.169. The van der Waals surface area contributed by atoms with Crippen LogP contribution in [-0.4, -0.2) is 13.1 Å². The van der Waals surface area contributed by atoms with Crippen molar-refractivity contribution in [1.29, 1.82) is 0 Å². The second-order valence-electron chi connectivity index (χ2n) is 5.18. The largest absolute Gasteiger partial charge is 0.317 e. The van der Waals surface area contributed by atoms with Crippen molar-refractivity contribution in [2.45, 2.75) is 44.6 Å². The number of rotatable bonds is 5. The zero-order chi connectivity index (χ0) is 13.0. The summed E-state index contributed by atoms with van der Waals surface area (Å²) in [4.78, 5) is 0. The average molecular weight is 253 g/mol. The van der Waals surface area contributed by atoms with Crippen LogP contribution >= 0.6 is 0 Å². The van der Waals surface area contributed by atoms with E-state index < -0.39 is 11.6 Å². The third kappa shape index (κ3) is 3.08. The minimum Gasteiger partial charge on any atom is -0.317 e. The van der Waals surface area contributed by atoms with E-state index in [0.717, 1.165) is 6.42 Å². The summed E-state index contributed by atoms with van der Waals surface area (Å²) in [6.45, 7) is 0. The molecule has 0 heterocycles. The van der Waals surface area contributed by atoms with Gasteiger partial charge in [-0.25, -0.2) is 8.78 Å². The maximum absolute atomic E-state index is 13.5. The Bertz CT molecular complexity index is 366. The number of hydrogen-bond donors (Lipinski definition) is 1. The lowest BCUT2D eigenvalue weighted by Crippen LogP contribution is -2.32. The van der Waals surface area contributed by atoms with Gasteiger partial charge in [0.25, 0.3) is 0 Å². The topological polar surface area (TPSA) is 12.0 Å². The molecule has 0 radical (unpaired) electrons. The molecule has 0 aliphatic heterocycles. The second-order valence-corrected chi connectivity index (χ2v) is 5.18. The zero-order valence-electron chi connectivity index (χ0n) is 10.9. The minimum absolute atomic E-state index is 0.232. The molecule has 0 bridgehead atoms. The van der Waals surface area contributed by atoms with Gasteiger partial charge >= 0.3 is 0 Å². The minimum atomic E-state index is -0.420. The van der Waals surface area contributed by atoms with E-state index in [0.29, 0.717) is 18.4 Å². The van der Waals surface area contributed by atoms with Crippen molar-refractivity contribution in [1.82, 2.24) is 5.32 Å². The van der Waals surface area contributed by atoms with E-state index >= 15 is 0 Å². The van der Waals surface area contributed by atoms with Crippen molar-refractivity contribution in [2.24, 2.45) is 5.92 Å². The van der Waals surface area contributed by atoms with E-state index in [1.165, 1.54) is 43.9 Å². The Labute approximate surface area is 108 Å². The molecule has 0 aromatic heterocycles. The third-order valence-electron chi connectivity index (χ3n) is 4.11. The molecule has 1 fully saturated rings. The Hall–Kier alpha value is -0.960. The molecule has 100 valence electrons. The summed E-state index contributed by atoms with van der Waals surface area (Å²) in [6.07, 6.45) is 6.34. The molecule has 2 rings (SSSR count). The Morgan fingerprint density at radius 1 is 1.22 bits per heavy atom. The van der Waals surface area contributed by atoms with Crippen molar-refractivity contribution in [3.63, 3.8) is 0 Å². The molecule has 0 saturated heterocycles. The molecule has 1 aromatic rings. The normalized spacial score (nSPS) is 18.2. The van der Waals surface area contributed by atoms with Gasteiger partial charge in [-0.3, -0.25) is 0 Å². The van der Waals surface area contributed by atoms with Crippen LogP contribution in [-0.2, 0) is 6.42 Å². The highest BCUT2D eigenvalue weighted by atomic mass is 19.1. The number of hydrogen-bond acceptors (Lipinski definition) is 1. The Morgan fingerprint density at radius 2 is 1.83 bits per heavy atom. The highest BCUT2D eigenvalue weighted by Crippen LogP contribution is 2.29. The van der Waals surface area contributed by atoms with Crippen LogP contribution in [0.15, 0.2) is 18.2 Å². The first kappa shape index (κ1) is 13.5. The van der Waals surface area contributed by atoms with Crippen LogP contribution in [0, 0.1) is 17.6 Å². The van der Waals surface area contributed by atoms with E-state index in [1.807, 2.05) is 7.05 Å². The van der Waals surface area contributed by atoms with Gasteiger partial charge in [0.1, 0.15) is 11.6 Å². The van der Waals surface area contributed by atoms with E-state index in [-0.39, 0.29) is 5.56 Å². The summed E-state index contributed by atoms with van der Waals surface area (Å²) in [6, 6.07) is 4.47. The molecule has 18 heavy (non-hydrogen) atoms. The van der Waals surface area contributed by atoms with Crippen LogP contribution in [0.4, 0.5) is 8.78 Å². The van der Waals surface area contributed by atoms with Gasteiger partial charge in [-0.15, -0.1) is 0 Å². The molecular formula is C15H21F2N. The molecular weight excluding hydrogens is 232 g/mol. The van der Waals surface area contributed by atoms with Crippen LogP contribution in [0.25, 0.3) is 0 Å². The molecule has 1 N–H and O–H groups in total. The van der Waals surface area contributed by atoms with Gasteiger partial charge < -0.3 is 5.32 Å². The lowest BCUT2D eigenvalue weighted by atomic mass is 9.92. The Balaban J connectivity index is 1.97. The van der Waals surface area contributed by atoms with Crippen LogP contribution in [0.2, 0.25) is 0 Å². The number of halogens is 2. The van der Waals surface area contributed by atoms with Gasteiger partial charge in [0.15, 0.2) is 0 Å². The monoisotopic (exact) mass is 253 g/mol. The lowest BCUT2D eigenvalue weighted by Gasteiger charge is -2.23. The Kier molecular flexibility index (Phi) is 4.70. The molecule has 1 aliphatic carbocycles. The van der Waals surface area contributed by atoms with Gasteiger partial charge in [-0.1, -0.05) is 18.9 Å². The van der Waals surface area contributed by atoms with Crippen LogP contribution in [0.3, 0.4) is 0 Å². The van der Waals surface area contributed by atoms with Crippen molar-refractivity contribution in [2.75, 3.05) is 7.05 Å². The van der Waals surface area contributed by atoms with Gasteiger partial charge in [0, 0.05) is 11.6 Å². The second kappa shape index (κ2) is 6.28. The van der Waals surface area contributed by atoms with Crippen LogP contribution in [0.5, 0.6) is 0 Å². The molecule has 0 amide bonds.